The van der Waals surface area contributed by atoms with E-state index in [1.54, 1.807) is 31.5 Å². The molecule has 0 bridgehead atoms. The van der Waals surface area contributed by atoms with E-state index in [4.69, 9.17) is 0 Å². The van der Waals surface area contributed by atoms with Crippen molar-refractivity contribution in [3.05, 3.63) is 72.7 Å². The van der Waals surface area contributed by atoms with Crippen molar-refractivity contribution in [2.24, 2.45) is 5.92 Å². The summed E-state index contributed by atoms with van der Waals surface area (Å²) in [6.07, 6.45) is 3.35. The third-order valence-electron chi connectivity index (χ3n) is 5.81. The number of hydrogen-bond acceptors (Lipinski definition) is 9. The Morgan fingerprint density at radius 3 is 2.39 bits per heavy atom. The fourth-order valence-corrected chi connectivity index (χ4v) is 3.84. The molecule has 0 spiro atoms. The second-order valence-corrected chi connectivity index (χ2v) is 8.65. The highest BCUT2D eigenvalue weighted by Crippen LogP contribution is 2.23. The van der Waals surface area contributed by atoms with Crippen molar-refractivity contribution in [2.45, 2.75) is 13.8 Å². The maximum Gasteiger partial charge on any atom is 0.229 e. The second kappa shape index (κ2) is 10.4. The summed E-state index contributed by atoms with van der Waals surface area (Å²) in [5, 5.41) is 9.66. The Bertz CT molecular complexity index is 1360. The van der Waals surface area contributed by atoms with Crippen LogP contribution in [-0.2, 0) is 4.79 Å². The standard InChI is InChI=1S/C26H27N9O/c1-17-4-3-5-22(30-17)25-28-12-10-23(33-25)32-24-11-13-29-26(34-24)31-20-6-8-21(9-7-20)35(18(2)36)16-19-14-27-15-19/h3-13,19,27H,14-16H2,1-2H3,(H2,28,29,31,32,33,34). The first-order valence-corrected chi connectivity index (χ1v) is 11.8. The first kappa shape index (κ1) is 23.3. The Kier molecular flexibility index (Phi) is 6.76. The number of pyridine rings is 1. The summed E-state index contributed by atoms with van der Waals surface area (Å²) in [5.74, 6) is 2.69. The van der Waals surface area contributed by atoms with Crippen LogP contribution in [0.1, 0.15) is 12.6 Å². The molecule has 1 aliphatic heterocycles. The van der Waals surface area contributed by atoms with Crippen LogP contribution in [0.25, 0.3) is 11.5 Å². The Balaban J connectivity index is 1.26. The van der Waals surface area contributed by atoms with Gasteiger partial charge < -0.3 is 20.9 Å². The molecule has 0 saturated carbocycles. The molecule has 3 aromatic heterocycles. The molecule has 1 fully saturated rings. The van der Waals surface area contributed by atoms with Gasteiger partial charge in [0.25, 0.3) is 0 Å². The van der Waals surface area contributed by atoms with E-state index < -0.39 is 0 Å². The van der Waals surface area contributed by atoms with Crippen molar-refractivity contribution in [2.75, 3.05) is 35.2 Å². The zero-order valence-electron chi connectivity index (χ0n) is 20.1. The van der Waals surface area contributed by atoms with E-state index in [2.05, 4.69) is 40.9 Å². The van der Waals surface area contributed by atoms with Crippen molar-refractivity contribution < 1.29 is 4.79 Å². The summed E-state index contributed by atoms with van der Waals surface area (Å²) in [7, 11) is 0. The topological polar surface area (TPSA) is 121 Å². The lowest BCUT2D eigenvalue weighted by molar-refractivity contribution is -0.116. The third kappa shape index (κ3) is 5.61. The van der Waals surface area contributed by atoms with E-state index in [1.165, 1.54) is 0 Å². The van der Waals surface area contributed by atoms with Crippen LogP contribution in [-0.4, -0.2) is 50.5 Å². The number of nitrogens with one attached hydrogen (secondary N) is 3. The van der Waals surface area contributed by atoms with Gasteiger partial charge in [-0.05, 0) is 55.5 Å². The van der Waals surface area contributed by atoms with Crippen molar-refractivity contribution in [1.29, 1.82) is 0 Å². The van der Waals surface area contributed by atoms with Gasteiger partial charge in [-0.3, -0.25) is 4.79 Å². The van der Waals surface area contributed by atoms with Crippen LogP contribution in [0.3, 0.4) is 0 Å². The number of aromatic nitrogens is 5. The Morgan fingerprint density at radius 2 is 1.69 bits per heavy atom. The number of benzene rings is 1. The second-order valence-electron chi connectivity index (χ2n) is 8.65. The summed E-state index contributed by atoms with van der Waals surface area (Å²) in [5.41, 5.74) is 3.30. The van der Waals surface area contributed by atoms with E-state index in [0.29, 0.717) is 35.0 Å². The number of anilines is 5. The minimum absolute atomic E-state index is 0.0378. The normalized spacial score (nSPS) is 13.1. The molecule has 36 heavy (non-hydrogen) atoms. The lowest BCUT2D eigenvalue weighted by Gasteiger charge is -2.32. The SMILES string of the molecule is CC(=O)N(CC1CNC1)c1ccc(Nc2nccc(Nc3ccnc(-c4cccc(C)n4)n3)n2)cc1. The minimum atomic E-state index is 0.0378. The molecule has 10 nitrogen and oxygen atoms in total. The van der Waals surface area contributed by atoms with Gasteiger partial charge in [0.05, 0.1) is 0 Å². The van der Waals surface area contributed by atoms with E-state index in [9.17, 15) is 4.79 Å². The molecule has 4 aromatic rings. The Labute approximate surface area is 209 Å². The molecule has 1 aliphatic rings. The number of rotatable bonds is 8. The average Bonchev–Trinajstić information content (AvgIpc) is 2.84. The lowest BCUT2D eigenvalue weighted by Crippen LogP contribution is -2.49. The van der Waals surface area contributed by atoms with Gasteiger partial charge in [-0.15, -0.1) is 0 Å². The Hall–Kier alpha value is -4.44. The summed E-state index contributed by atoms with van der Waals surface area (Å²) in [6, 6.07) is 17.0. The van der Waals surface area contributed by atoms with Gasteiger partial charge in [-0.2, -0.15) is 4.98 Å². The molecule has 3 N–H and O–H groups in total. The smallest absolute Gasteiger partial charge is 0.229 e. The van der Waals surface area contributed by atoms with Crippen molar-refractivity contribution in [3.63, 3.8) is 0 Å². The maximum atomic E-state index is 12.2. The van der Waals surface area contributed by atoms with Crippen LogP contribution in [0.2, 0.25) is 0 Å². The van der Waals surface area contributed by atoms with E-state index >= 15 is 0 Å². The minimum Gasteiger partial charge on any atom is -0.325 e. The molecular formula is C26H27N9O. The number of amides is 1. The number of carbonyl (C=O) groups is 1. The van der Waals surface area contributed by atoms with Crippen molar-refractivity contribution >= 4 is 34.9 Å². The first-order chi connectivity index (χ1) is 17.5. The Morgan fingerprint density at radius 1 is 0.944 bits per heavy atom. The molecule has 0 radical (unpaired) electrons. The molecule has 182 valence electrons. The van der Waals surface area contributed by atoms with Gasteiger partial charge in [-0.25, -0.2) is 19.9 Å². The third-order valence-corrected chi connectivity index (χ3v) is 5.81. The van der Waals surface area contributed by atoms with Crippen LogP contribution >= 0.6 is 0 Å². The van der Waals surface area contributed by atoms with Gasteiger partial charge in [0, 0.05) is 61.9 Å². The molecular weight excluding hydrogens is 454 g/mol. The molecule has 10 heteroatoms. The largest absolute Gasteiger partial charge is 0.325 e. The van der Waals surface area contributed by atoms with E-state index in [1.807, 2.05) is 54.3 Å². The number of hydrogen-bond donors (Lipinski definition) is 3. The highest BCUT2D eigenvalue weighted by molar-refractivity contribution is 5.91. The zero-order chi connectivity index (χ0) is 24.9. The number of nitrogens with zero attached hydrogens (tertiary/aromatic N) is 6. The quantitative estimate of drug-likeness (QED) is 0.346. The zero-order valence-corrected chi connectivity index (χ0v) is 20.1. The fraction of sp³-hybridized carbons (Fsp3) is 0.231. The molecule has 1 amide bonds. The molecule has 5 rings (SSSR count). The maximum absolute atomic E-state index is 12.2. The molecule has 0 aliphatic carbocycles. The van der Waals surface area contributed by atoms with Gasteiger partial charge >= 0.3 is 0 Å². The van der Waals surface area contributed by atoms with Crippen LogP contribution in [0.15, 0.2) is 67.0 Å². The molecule has 1 saturated heterocycles. The lowest BCUT2D eigenvalue weighted by atomic mass is 10.0. The summed E-state index contributed by atoms with van der Waals surface area (Å²) in [6.45, 7) is 6.15. The summed E-state index contributed by atoms with van der Waals surface area (Å²) >= 11 is 0. The van der Waals surface area contributed by atoms with Gasteiger partial charge in [0.2, 0.25) is 11.9 Å². The number of aryl methyl sites for hydroxylation is 1. The highest BCUT2D eigenvalue weighted by atomic mass is 16.2. The summed E-state index contributed by atoms with van der Waals surface area (Å²) in [4.78, 5) is 36.2. The predicted octanol–water partition coefficient (Wildman–Crippen LogP) is 3.70. The average molecular weight is 482 g/mol. The van der Waals surface area contributed by atoms with Crippen molar-refractivity contribution in [1.82, 2.24) is 30.2 Å². The van der Waals surface area contributed by atoms with Gasteiger partial charge in [-0.1, -0.05) is 6.07 Å². The molecule has 0 atom stereocenters. The molecule has 0 unspecified atom stereocenters. The highest BCUT2D eigenvalue weighted by Gasteiger charge is 2.22. The van der Waals surface area contributed by atoms with Crippen molar-refractivity contribution in [3.8, 4) is 11.5 Å². The van der Waals surface area contributed by atoms with Crippen LogP contribution in [0.5, 0.6) is 0 Å². The first-order valence-electron chi connectivity index (χ1n) is 11.8. The molecule has 4 heterocycles. The summed E-state index contributed by atoms with van der Waals surface area (Å²) < 4.78 is 0. The van der Waals surface area contributed by atoms with E-state index in [0.717, 1.165) is 36.7 Å². The van der Waals surface area contributed by atoms with Crippen LogP contribution in [0.4, 0.5) is 29.0 Å². The fourth-order valence-electron chi connectivity index (χ4n) is 3.84. The van der Waals surface area contributed by atoms with E-state index in [-0.39, 0.29) is 5.91 Å². The van der Waals surface area contributed by atoms with Crippen LogP contribution in [0, 0.1) is 12.8 Å². The monoisotopic (exact) mass is 481 g/mol. The van der Waals surface area contributed by atoms with Gasteiger partial charge in [0.1, 0.15) is 17.3 Å². The van der Waals surface area contributed by atoms with Crippen LogP contribution < -0.4 is 20.9 Å². The van der Waals surface area contributed by atoms with Gasteiger partial charge in [0.15, 0.2) is 5.82 Å². The molecule has 1 aromatic carbocycles. The predicted molar refractivity (Wildman–Crippen MR) is 139 cm³/mol. The number of carbonyl (C=O) groups excluding carboxylic acids is 1.